The predicted molar refractivity (Wildman–Crippen MR) is 85.1 cm³/mol. The van der Waals surface area contributed by atoms with Gasteiger partial charge in [-0.05, 0) is 59.6 Å². The zero-order valence-electron chi connectivity index (χ0n) is 11.8. The van der Waals surface area contributed by atoms with Crippen LogP contribution in [-0.4, -0.2) is 16.0 Å². The summed E-state index contributed by atoms with van der Waals surface area (Å²) in [5.74, 6) is 1.42. The molecule has 0 fully saturated rings. The second kappa shape index (κ2) is 6.58. The minimum atomic E-state index is 0.0495. The quantitative estimate of drug-likeness (QED) is 0.382. The van der Waals surface area contributed by atoms with Crippen molar-refractivity contribution in [3.8, 4) is 11.5 Å². The van der Waals surface area contributed by atoms with Gasteiger partial charge >= 0.3 is 0 Å². The number of aryl methyl sites for hydroxylation is 2. The van der Waals surface area contributed by atoms with Gasteiger partial charge in [0.2, 0.25) is 0 Å². The Morgan fingerprint density at radius 3 is 2.67 bits per heavy atom. The summed E-state index contributed by atoms with van der Waals surface area (Å²) in [5.41, 5.74) is 8.03. The first-order valence-corrected chi connectivity index (χ1v) is 7.26. The van der Waals surface area contributed by atoms with Gasteiger partial charge in [0.1, 0.15) is 11.5 Å². The van der Waals surface area contributed by atoms with E-state index in [0.717, 1.165) is 23.6 Å². The van der Waals surface area contributed by atoms with E-state index in [1.807, 2.05) is 26.0 Å². The largest absolute Gasteiger partial charge is 0.454 e. The highest BCUT2D eigenvalue weighted by molar-refractivity contribution is 9.10. The second-order valence-corrected chi connectivity index (χ2v) is 5.34. The molecule has 0 unspecified atom stereocenters. The third-order valence-corrected chi connectivity index (χ3v) is 3.58. The first-order chi connectivity index (χ1) is 10.0. The number of hydrogen-bond acceptors (Lipinski definition) is 4. The van der Waals surface area contributed by atoms with E-state index in [2.05, 4.69) is 26.1 Å². The van der Waals surface area contributed by atoms with E-state index in [0.29, 0.717) is 15.8 Å². The molecule has 21 heavy (non-hydrogen) atoms. The fourth-order valence-electron chi connectivity index (χ4n) is 1.86. The number of nitrogens with zero attached hydrogens (tertiary/aromatic N) is 2. The van der Waals surface area contributed by atoms with Crippen LogP contribution in [0.15, 0.2) is 40.0 Å². The number of rotatable bonds is 4. The highest BCUT2D eigenvalue weighted by Crippen LogP contribution is 2.32. The molecular formula is C15H16BrN3O2. The molecule has 0 aliphatic carbocycles. The van der Waals surface area contributed by atoms with Crippen LogP contribution in [-0.2, 0) is 6.42 Å². The number of halogens is 1. The van der Waals surface area contributed by atoms with Gasteiger partial charge in [-0.25, -0.2) is 0 Å². The first kappa shape index (κ1) is 15.3. The summed E-state index contributed by atoms with van der Waals surface area (Å²) in [4.78, 5) is 4.46. The molecule has 2 rings (SSSR count). The number of nitrogens with two attached hydrogens (primary N) is 1. The van der Waals surface area contributed by atoms with Crippen LogP contribution in [0.4, 0.5) is 0 Å². The van der Waals surface area contributed by atoms with E-state index in [1.54, 1.807) is 18.2 Å². The van der Waals surface area contributed by atoms with E-state index in [9.17, 15) is 0 Å². The van der Waals surface area contributed by atoms with Crippen molar-refractivity contribution in [3.63, 3.8) is 0 Å². The maximum absolute atomic E-state index is 8.69. The molecule has 0 atom stereocenters. The molecule has 5 nitrogen and oxygen atoms in total. The van der Waals surface area contributed by atoms with Gasteiger partial charge in [-0.1, -0.05) is 12.1 Å². The van der Waals surface area contributed by atoms with Crippen molar-refractivity contribution in [2.24, 2.45) is 10.9 Å². The lowest BCUT2D eigenvalue weighted by atomic mass is 10.2. The lowest BCUT2D eigenvalue weighted by Gasteiger charge is -2.12. The number of oxime groups is 1. The summed E-state index contributed by atoms with van der Waals surface area (Å²) in [7, 11) is 0. The van der Waals surface area contributed by atoms with Crippen LogP contribution in [0.5, 0.6) is 11.5 Å². The van der Waals surface area contributed by atoms with Crippen LogP contribution in [0.2, 0.25) is 0 Å². The third-order valence-electron chi connectivity index (χ3n) is 2.96. The molecule has 110 valence electrons. The Bertz CT molecular complexity index is 687. The Balaban J connectivity index is 2.32. The molecule has 0 radical (unpaired) electrons. The van der Waals surface area contributed by atoms with E-state index < -0.39 is 0 Å². The normalized spacial score (nSPS) is 11.5. The van der Waals surface area contributed by atoms with Crippen molar-refractivity contribution in [2.45, 2.75) is 20.3 Å². The maximum atomic E-state index is 8.69. The van der Waals surface area contributed by atoms with Crippen molar-refractivity contribution >= 4 is 21.8 Å². The van der Waals surface area contributed by atoms with Crippen molar-refractivity contribution in [1.29, 1.82) is 0 Å². The van der Waals surface area contributed by atoms with Crippen LogP contribution in [0.3, 0.4) is 0 Å². The second-order valence-electron chi connectivity index (χ2n) is 4.48. The number of hydrogen-bond donors (Lipinski definition) is 2. The zero-order chi connectivity index (χ0) is 15.4. The van der Waals surface area contributed by atoms with Gasteiger partial charge in [-0.15, -0.1) is 0 Å². The monoisotopic (exact) mass is 349 g/mol. The molecule has 0 amide bonds. The lowest BCUT2D eigenvalue weighted by molar-refractivity contribution is 0.318. The Kier molecular flexibility index (Phi) is 4.80. The molecule has 2 aromatic rings. The maximum Gasteiger partial charge on any atom is 0.170 e. The van der Waals surface area contributed by atoms with Crippen LogP contribution >= 0.6 is 15.9 Å². The summed E-state index contributed by atoms with van der Waals surface area (Å²) in [6.07, 6.45) is 0.789. The van der Waals surface area contributed by atoms with E-state index in [-0.39, 0.29) is 5.84 Å². The molecule has 6 heteroatoms. The molecule has 0 saturated heterocycles. The van der Waals surface area contributed by atoms with E-state index in [1.165, 1.54) is 0 Å². The predicted octanol–water partition coefficient (Wildman–Crippen LogP) is 3.60. The van der Waals surface area contributed by atoms with Crippen molar-refractivity contribution in [1.82, 2.24) is 4.98 Å². The van der Waals surface area contributed by atoms with Crippen LogP contribution in [0.25, 0.3) is 0 Å². The van der Waals surface area contributed by atoms with Gasteiger partial charge in [0, 0.05) is 11.3 Å². The Morgan fingerprint density at radius 1 is 1.33 bits per heavy atom. The van der Waals surface area contributed by atoms with Gasteiger partial charge in [0.15, 0.2) is 5.84 Å². The number of aromatic nitrogens is 1. The van der Waals surface area contributed by atoms with Crippen LogP contribution in [0.1, 0.15) is 23.9 Å². The van der Waals surface area contributed by atoms with Gasteiger partial charge in [0.25, 0.3) is 0 Å². The summed E-state index contributed by atoms with van der Waals surface area (Å²) < 4.78 is 6.62. The standard InChI is InChI=1S/C15H16BrN3O2/c1-3-12-14(6-4-9(2)18-12)21-13-7-5-10(8-11(13)16)15(17)19-20/h4-8,20H,3H2,1-2H3,(H2,17,19). The minimum Gasteiger partial charge on any atom is -0.454 e. The molecule has 3 N–H and O–H groups in total. The highest BCUT2D eigenvalue weighted by Gasteiger charge is 2.10. The molecule has 1 heterocycles. The first-order valence-electron chi connectivity index (χ1n) is 6.47. The fraction of sp³-hybridized carbons (Fsp3) is 0.200. The molecule has 0 saturated carbocycles. The Labute approximate surface area is 131 Å². The molecule has 1 aromatic carbocycles. The zero-order valence-corrected chi connectivity index (χ0v) is 13.4. The van der Waals surface area contributed by atoms with Crippen molar-refractivity contribution in [3.05, 3.63) is 51.8 Å². The van der Waals surface area contributed by atoms with Gasteiger partial charge in [-0.3, -0.25) is 4.98 Å². The van der Waals surface area contributed by atoms with Crippen molar-refractivity contribution in [2.75, 3.05) is 0 Å². The number of amidine groups is 1. The highest BCUT2D eigenvalue weighted by atomic mass is 79.9. The summed E-state index contributed by atoms with van der Waals surface area (Å²) >= 11 is 3.43. The summed E-state index contributed by atoms with van der Waals surface area (Å²) in [6, 6.07) is 9.04. The van der Waals surface area contributed by atoms with Crippen molar-refractivity contribution < 1.29 is 9.94 Å². The molecular weight excluding hydrogens is 334 g/mol. The van der Waals surface area contributed by atoms with Crippen LogP contribution < -0.4 is 10.5 Å². The fourth-order valence-corrected chi connectivity index (χ4v) is 2.32. The molecule has 0 spiro atoms. The molecule has 0 aliphatic rings. The van der Waals surface area contributed by atoms with Gasteiger partial charge < -0.3 is 15.7 Å². The van der Waals surface area contributed by atoms with E-state index >= 15 is 0 Å². The average molecular weight is 350 g/mol. The van der Waals surface area contributed by atoms with Gasteiger partial charge in [-0.2, -0.15) is 0 Å². The summed E-state index contributed by atoms with van der Waals surface area (Å²) in [5, 5.41) is 11.7. The molecule has 0 bridgehead atoms. The van der Waals surface area contributed by atoms with Gasteiger partial charge in [0.05, 0.1) is 10.2 Å². The number of ether oxygens (including phenoxy) is 1. The molecule has 1 aromatic heterocycles. The number of benzene rings is 1. The number of pyridine rings is 1. The van der Waals surface area contributed by atoms with Crippen LogP contribution in [0, 0.1) is 6.92 Å². The minimum absolute atomic E-state index is 0.0495. The average Bonchev–Trinajstić information content (AvgIpc) is 2.49. The summed E-state index contributed by atoms with van der Waals surface area (Å²) in [6.45, 7) is 3.98. The lowest BCUT2D eigenvalue weighted by Crippen LogP contribution is -2.12. The Hall–Kier alpha value is -2.08. The third kappa shape index (κ3) is 3.52. The topological polar surface area (TPSA) is 80.7 Å². The smallest absolute Gasteiger partial charge is 0.170 e. The Morgan fingerprint density at radius 2 is 2.05 bits per heavy atom. The SMILES string of the molecule is CCc1nc(C)ccc1Oc1ccc(/C(N)=N/O)cc1Br. The molecule has 0 aliphatic heterocycles. The van der Waals surface area contributed by atoms with E-state index in [4.69, 9.17) is 15.7 Å².